The van der Waals surface area contributed by atoms with Crippen LogP contribution in [-0.4, -0.2) is 9.55 Å². The Morgan fingerprint density at radius 1 is 1.00 bits per heavy atom. The number of para-hydroxylation sites is 1. The van der Waals surface area contributed by atoms with Gasteiger partial charge in [0.05, 0.1) is 21.6 Å². The Balaban J connectivity index is 1.94. The smallest absolute Gasteiger partial charge is 0.265 e. The summed E-state index contributed by atoms with van der Waals surface area (Å²) in [6, 6.07) is 17.1. The molecular weight excluding hydrogens is 351 g/mol. The van der Waals surface area contributed by atoms with Crippen molar-refractivity contribution in [2.24, 2.45) is 0 Å². The minimum atomic E-state index is -0.298. The molecule has 0 aliphatic rings. The van der Waals surface area contributed by atoms with Crippen molar-refractivity contribution in [1.82, 2.24) is 9.55 Å². The fourth-order valence-corrected chi connectivity index (χ4v) is 3.34. The summed E-state index contributed by atoms with van der Waals surface area (Å²) in [4.78, 5) is 17.5. The van der Waals surface area contributed by atoms with E-state index < -0.39 is 0 Å². The lowest BCUT2D eigenvalue weighted by Crippen LogP contribution is -2.20. The second-order valence-corrected chi connectivity index (χ2v) is 6.47. The van der Waals surface area contributed by atoms with Crippen molar-refractivity contribution in [2.75, 3.05) is 0 Å². The Hall–Kier alpha value is -2.98. The second kappa shape index (κ2) is 6.39. The van der Waals surface area contributed by atoms with Crippen LogP contribution in [0.1, 0.15) is 5.56 Å². The maximum Gasteiger partial charge on any atom is 0.265 e. The highest BCUT2D eigenvalue weighted by molar-refractivity contribution is 6.32. The van der Waals surface area contributed by atoms with Gasteiger partial charge in [0.2, 0.25) is 0 Å². The fraction of sp³-hybridized carbons (Fsp3) is 0.0476. The summed E-state index contributed by atoms with van der Waals surface area (Å²) in [5.74, 6) is -0.298. The SMILES string of the molecule is Cc1cccc(Cl)c1-n1cnc2ccc(-c3ccc(F)cc3)cc2c1=O. The molecule has 0 bridgehead atoms. The highest BCUT2D eigenvalue weighted by atomic mass is 35.5. The summed E-state index contributed by atoms with van der Waals surface area (Å²) >= 11 is 6.31. The topological polar surface area (TPSA) is 34.9 Å². The van der Waals surface area contributed by atoms with Crippen molar-refractivity contribution in [3.63, 3.8) is 0 Å². The fourth-order valence-electron chi connectivity index (χ4n) is 3.03. The molecule has 0 saturated heterocycles. The average molecular weight is 365 g/mol. The first-order valence-corrected chi connectivity index (χ1v) is 8.45. The molecule has 1 heterocycles. The van der Waals surface area contributed by atoms with Crippen LogP contribution in [0, 0.1) is 12.7 Å². The predicted octanol–water partition coefficient (Wildman–Crippen LogP) is 5.15. The van der Waals surface area contributed by atoms with Crippen LogP contribution >= 0.6 is 11.6 Å². The van der Waals surface area contributed by atoms with Crippen LogP contribution in [0.25, 0.3) is 27.7 Å². The number of hydrogen-bond donors (Lipinski definition) is 0. The summed E-state index contributed by atoms with van der Waals surface area (Å²) in [6.07, 6.45) is 1.50. The summed E-state index contributed by atoms with van der Waals surface area (Å²) in [5.41, 5.74) is 3.57. The van der Waals surface area contributed by atoms with Gasteiger partial charge in [-0.1, -0.05) is 41.9 Å². The quantitative estimate of drug-likeness (QED) is 0.493. The van der Waals surface area contributed by atoms with Gasteiger partial charge in [0.15, 0.2) is 0 Å². The van der Waals surface area contributed by atoms with Crippen LogP contribution in [0.15, 0.2) is 71.8 Å². The van der Waals surface area contributed by atoms with Gasteiger partial charge in [0.1, 0.15) is 12.1 Å². The number of rotatable bonds is 2. The van der Waals surface area contributed by atoms with Gasteiger partial charge in [-0.15, -0.1) is 0 Å². The van der Waals surface area contributed by atoms with Crippen molar-refractivity contribution in [1.29, 1.82) is 0 Å². The molecule has 0 spiro atoms. The van der Waals surface area contributed by atoms with Crippen LogP contribution < -0.4 is 5.56 Å². The standard InChI is InChI=1S/C21H14ClFN2O/c1-13-3-2-4-18(22)20(13)25-12-24-19-10-7-15(11-17(19)21(25)26)14-5-8-16(23)9-6-14/h2-12H,1H3. The van der Waals surface area contributed by atoms with E-state index in [1.807, 2.05) is 25.1 Å². The maximum atomic E-state index is 13.2. The molecule has 26 heavy (non-hydrogen) atoms. The lowest BCUT2D eigenvalue weighted by Gasteiger charge is -2.12. The van der Waals surface area contributed by atoms with Gasteiger partial charge in [-0.25, -0.2) is 9.37 Å². The van der Waals surface area contributed by atoms with Crippen molar-refractivity contribution in [3.05, 3.63) is 93.7 Å². The van der Waals surface area contributed by atoms with E-state index in [9.17, 15) is 9.18 Å². The van der Waals surface area contributed by atoms with Crippen LogP contribution in [-0.2, 0) is 0 Å². The molecule has 0 aliphatic heterocycles. The molecule has 1 aromatic heterocycles. The first kappa shape index (κ1) is 16.5. The molecule has 128 valence electrons. The molecule has 4 rings (SSSR count). The van der Waals surface area contributed by atoms with Crippen LogP contribution in [0.5, 0.6) is 0 Å². The molecule has 4 aromatic rings. The van der Waals surface area contributed by atoms with Gasteiger partial charge in [-0.3, -0.25) is 9.36 Å². The van der Waals surface area contributed by atoms with E-state index in [2.05, 4.69) is 4.98 Å². The highest BCUT2D eigenvalue weighted by Gasteiger charge is 2.12. The lowest BCUT2D eigenvalue weighted by molar-refractivity contribution is 0.628. The largest absolute Gasteiger partial charge is 0.268 e. The van der Waals surface area contributed by atoms with Gasteiger partial charge in [-0.05, 0) is 53.9 Å². The number of fused-ring (bicyclic) bond motifs is 1. The molecule has 0 fully saturated rings. The van der Waals surface area contributed by atoms with E-state index in [1.165, 1.54) is 23.0 Å². The van der Waals surface area contributed by atoms with E-state index in [4.69, 9.17) is 11.6 Å². The molecule has 0 saturated carbocycles. The van der Waals surface area contributed by atoms with Gasteiger partial charge in [-0.2, -0.15) is 0 Å². The summed E-state index contributed by atoms with van der Waals surface area (Å²) in [7, 11) is 0. The van der Waals surface area contributed by atoms with Crippen molar-refractivity contribution < 1.29 is 4.39 Å². The van der Waals surface area contributed by atoms with Crippen molar-refractivity contribution >= 4 is 22.5 Å². The Morgan fingerprint density at radius 2 is 1.73 bits per heavy atom. The Morgan fingerprint density at radius 3 is 2.46 bits per heavy atom. The first-order chi connectivity index (χ1) is 12.5. The predicted molar refractivity (Wildman–Crippen MR) is 102 cm³/mol. The van der Waals surface area contributed by atoms with Gasteiger partial charge in [0, 0.05) is 0 Å². The zero-order valence-corrected chi connectivity index (χ0v) is 14.7. The Kier molecular flexibility index (Phi) is 4.05. The second-order valence-electron chi connectivity index (χ2n) is 6.06. The number of aromatic nitrogens is 2. The van der Waals surface area contributed by atoms with Gasteiger partial charge >= 0.3 is 0 Å². The highest BCUT2D eigenvalue weighted by Crippen LogP contribution is 2.25. The third kappa shape index (κ3) is 2.78. The van der Waals surface area contributed by atoms with E-state index in [0.717, 1.165) is 16.7 Å². The van der Waals surface area contributed by atoms with Crippen LogP contribution in [0.4, 0.5) is 4.39 Å². The minimum Gasteiger partial charge on any atom is -0.268 e. The first-order valence-electron chi connectivity index (χ1n) is 8.07. The van der Waals surface area contributed by atoms with Crippen molar-refractivity contribution in [2.45, 2.75) is 6.92 Å². The maximum absolute atomic E-state index is 13.2. The van der Waals surface area contributed by atoms with E-state index in [0.29, 0.717) is 21.6 Å². The molecule has 3 nitrogen and oxygen atoms in total. The molecule has 3 aromatic carbocycles. The van der Waals surface area contributed by atoms with Crippen LogP contribution in [0.2, 0.25) is 5.02 Å². The van der Waals surface area contributed by atoms with E-state index in [-0.39, 0.29) is 11.4 Å². The monoisotopic (exact) mass is 364 g/mol. The average Bonchev–Trinajstić information content (AvgIpc) is 2.64. The number of aryl methyl sites for hydroxylation is 1. The number of nitrogens with zero attached hydrogens (tertiary/aromatic N) is 2. The third-order valence-electron chi connectivity index (χ3n) is 4.37. The normalized spacial score (nSPS) is 11.0. The lowest BCUT2D eigenvalue weighted by atomic mass is 10.0. The summed E-state index contributed by atoms with van der Waals surface area (Å²) in [6.45, 7) is 1.90. The van der Waals surface area contributed by atoms with E-state index >= 15 is 0 Å². The Labute approximate surface area is 154 Å². The zero-order chi connectivity index (χ0) is 18.3. The molecule has 0 unspecified atom stereocenters. The summed E-state index contributed by atoms with van der Waals surface area (Å²) in [5, 5.41) is 0.969. The summed E-state index contributed by atoms with van der Waals surface area (Å²) < 4.78 is 14.6. The van der Waals surface area contributed by atoms with E-state index in [1.54, 1.807) is 30.3 Å². The molecule has 0 aliphatic carbocycles. The molecule has 0 radical (unpaired) electrons. The van der Waals surface area contributed by atoms with Crippen LogP contribution in [0.3, 0.4) is 0 Å². The minimum absolute atomic E-state index is 0.199. The number of halogens is 2. The molecule has 0 N–H and O–H groups in total. The molecule has 0 amide bonds. The number of benzene rings is 3. The third-order valence-corrected chi connectivity index (χ3v) is 4.67. The molecule has 0 atom stereocenters. The Bertz CT molecular complexity index is 1160. The van der Waals surface area contributed by atoms with Gasteiger partial charge in [0.25, 0.3) is 5.56 Å². The molecule has 5 heteroatoms. The number of hydrogen-bond acceptors (Lipinski definition) is 2. The van der Waals surface area contributed by atoms with Gasteiger partial charge < -0.3 is 0 Å². The molecular formula is C21H14ClFN2O. The van der Waals surface area contributed by atoms with Crippen molar-refractivity contribution in [3.8, 4) is 16.8 Å². The zero-order valence-electron chi connectivity index (χ0n) is 13.9.